The summed E-state index contributed by atoms with van der Waals surface area (Å²) in [5, 5.41) is 0. The summed E-state index contributed by atoms with van der Waals surface area (Å²) >= 11 is 5.71. The van der Waals surface area contributed by atoms with Gasteiger partial charge in [-0.2, -0.15) is 0 Å². The van der Waals surface area contributed by atoms with Gasteiger partial charge in [0.25, 0.3) is 0 Å². The van der Waals surface area contributed by atoms with Crippen LogP contribution in [0.5, 0.6) is 0 Å². The molecule has 6 heteroatoms. The summed E-state index contributed by atoms with van der Waals surface area (Å²) in [5.74, 6) is 0.486. The quantitative estimate of drug-likeness (QED) is 0.796. The van der Waals surface area contributed by atoms with Crippen LogP contribution >= 0.6 is 11.6 Å². The fourth-order valence-corrected chi connectivity index (χ4v) is 2.98. The number of hydrogen-bond acceptors (Lipinski definition) is 3. The van der Waals surface area contributed by atoms with Gasteiger partial charge in [0.15, 0.2) is 0 Å². The second kappa shape index (κ2) is 7.54. The SMILES string of the molecule is O=S(=O)(CCc1ccccn1)NCc1ccc(CCl)cc1. The van der Waals surface area contributed by atoms with Crippen LogP contribution in [-0.4, -0.2) is 19.2 Å². The molecule has 21 heavy (non-hydrogen) atoms. The summed E-state index contributed by atoms with van der Waals surface area (Å²) in [5.41, 5.74) is 2.69. The van der Waals surface area contributed by atoms with Gasteiger partial charge < -0.3 is 0 Å². The number of aryl methyl sites for hydroxylation is 1. The molecule has 112 valence electrons. The maximum absolute atomic E-state index is 11.9. The van der Waals surface area contributed by atoms with Crippen molar-refractivity contribution in [2.45, 2.75) is 18.8 Å². The minimum atomic E-state index is -3.31. The molecule has 2 aromatic rings. The molecule has 0 saturated carbocycles. The molecule has 0 amide bonds. The zero-order valence-electron chi connectivity index (χ0n) is 11.5. The Kier molecular flexibility index (Phi) is 5.73. The number of halogens is 1. The largest absolute Gasteiger partial charge is 0.261 e. The van der Waals surface area contributed by atoms with Gasteiger partial charge in [0.1, 0.15) is 0 Å². The first kappa shape index (κ1) is 15.9. The van der Waals surface area contributed by atoms with Gasteiger partial charge in [0, 0.05) is 30.7 Å². The number of sulfonamides is 1. The van der Waals surface area contributed by atoms with Crippen LogP contribution in [0.4, 0.5) is 0 Å². The molecule has 2 rings (SSSR count). The second-order valence-electron chi connectivity index (χ2n) is 4.66. The second-order valence-corrected chi connectivity index (χ2v) is 6.85. The first-order valence-electron chi connectivity index (χ1n) is 6.60. The van der Waals surface area contributed by atoms with E-state index in [0.29, 0.717) is 12.3 Å². The van der Waals surface area contributed by atoms with Gasteiger partial charge in [-0.15, -0.1) is 11.6 Å². The maximum Gasteiger partial charge on any atom is 0.212 e. The number of nitrogens with zero attached hydrogens (tertiary/aromatic N) is 1. The molecule has 0 spiro atoms. The topological polar surface area (TPSA) is 59.1 Å². The summed E-state index contributed by atoms with van der Waals surface area (Å²) in [7, 11) is -3.31. The van der Waals surface area contributed by atoms with E-state index in [4.69, 9.17) is 11.6 Å². The van der Waals surface area contributed by atoms with Crippen LogP contribution in [0.25, 0.3) is 0 Å². The highest BCUT2D eigenvalue weighted by Crippen LogP contribution is 2.07. The van der Waals surface area contributed by atoms with Crippen LogP contribution < -0.4 is 4.72 Å². The van der Waals surface area contributed by atoms with Gasteiger partial charge in [-0.3, -0.25) is 4.98 Å². The Labute approximate surface area is 130 Å². The van der Waals surface area contributed by atoms with Crippen molar-refractivity contribution < 1.29 is 8.42 Å². The van der Waals surface area contributed by atoms with Crippen molar-refractivity contribution >= 4 is 21.6 Å². The lowest BCUT2D eigenvalue weighted by Crippen LogP contribution is -2.27. The molecule has 0 unspecified atom stereocenters. The van der Waals surface area contributed by atoms with E-state index in [1.165, 1.54) is 0 Å². The summed E-state index contributed by atoms with van der Waals surface area (Å²) in [6.07, 6.45) is 2.06. The van der Waals surface area contributed by atoms with Gasteiger partial charge in [0.05, 0.1) is 5.75 Å². The highest BCUT2D eigenvalue weighted by atomic mass is 35.5. The van der Waals surface area contributed by atoms with Crippen molar-refractivity contribution in [3.63, 3.8) is 0 Å². The lowest BCUT2D eigenvalue weighted by Gasteiger charge is -2.07. The molecular weight excluding hydrogens is 308 g/mol. The standard InChI is InChI=1S/C15H17ClN2O2S/c16-11-13-4-6-14(7-5-13)12-18-21(19,20)10-8-15-3-1-2-9-17-15/h1-7,9,18H,8,10-12H2. The van der Waals surface area contributed by atoms with Crippen LogP contribution in [0.15, 0.2) is 48.7 Å². The van der Waals surface area contributed by atoms with Gasteiger partial charge in [-0.25, -0.2) is 13.1 Å². The molecule has 0 radical (unpaired) electrons. The third-order valence-electron chi connectivity index (χ3n) is 3.03. The van der Waals surface area contributed by atoms with Crippen LogP contribution in [0.1, 0.15) is 16.8 Å². The first-order valence-corrected chi connectivity index (χ1v) is 8.79. The van der Waals surface area contributed by atoms with E-state index in [0.717, 1.165) is 16.8 Å². The Morgan fingerprint density at radius 1 is 1.05 bits per heavy atom. The van der Waals surface area contributed by atoms with E-state index >= 15 is 0 Å². The van der Waals surface area contributed by atoms with Crippen molar-refractivity contribution in [1.82, 2.24) is 9.71 Å². The van der Waals surface area contributed by atoms with Gasteiger partial charge in [-0.05, 0) is 23.3 Å². The molecular formula is C15H17ClN2O2S. The van der Waals surface area contributed by atoms with Crippen molar-refractivity contribution in [2.75, 3.05) is 5.75 Å². The van der Waals surface area contributed by atoms with Crippen molar-refractivity contribution in [3.05, 3.63) is 65.5 Å². The fraction of sp³-hybridized carbons (Fsp3) is 0.267. The molecule has 0 saturated heterocycles. The van der Waals surface area contributed by atoms with Crippen LogP contribution in [0, 0.1) is 0 Å². The van der Waals surface area contributed by atoms with Crippen molar-refractivity contribution in [1.29, 1.82) is 0 Å². The molecule has 0 aliphatic rings. The molecule has 0 bridgehead atoms. The monoisotopic (exact) mass is 324 g/mol. The Morgan fingerprint density at radius 2 is 1.76 bits per heavy atom. The molecule has 1 aromatic carbocycles. The Bertz CT molecular complexity index is 658. The lowest BCUT2D eigenvalue weighted by molar-refractivity contribution is 0.580. The van der Waals surface area contributed by atoms with Gasteiger partial charge in [0.2, 0.25) is 10.0 Å². The smallest absolute Gasteiger partial charge is 0.212 e. The van der Waals surface area contributed by atoms with E-state index < -0.39 is 10.0 Å². The highest BCUT2D eigenvalue weighted by molar-refractivity contribution is 7.89. The molecule has 0 fully saturated rings. The Balaban J connectivity index is 1.85. The number of alkyl halides is 1. The fourth-order valence-electron chi connectivity index (χ4n) is 1.80. The number of hydrogen-bond donors (Lipinski definition) is 1. The van der Waals surface area contributed by atoms with Crippen LogP contribution in [0.2, 0.25) is 0 Å². The number of rotatable bonds is 7. The van der Waals surface area contributed by atoms with Gasteiger partial charge in [-0.1, -0.05) is 30.3 Å². The molecule has 0 aliphatic heterocycles. The van der Waals surface area contributed by atoms with Gasteiger partial charge >= 0.3 is 0 Å². The van der Waals surface area contributed by atoms with E-state index in [-0.39, 0.29) is 12.3 Å². The van der Waals surface area contributed by atoms with E-state index in [9.17, 15) is 8.42 Å². The number of pyridine rings is 1. The third kappa shape index (κ3) is 5.46. The van der Waals surface area contributed by atoms with E-state index in [2.05, 4.69) is 9.71 Å². The minimum absolute atomic E-state index is 0.0315. The highest BCUT2D eigenvalue weighted by Gasteiger charge is 2.10. The molecule has 4 nitrogen and oxygen atoms in total. The molecule has 0 atom stereocenters. The molecule has 0 aliphatic carbocycles. The van der Waals surface area contributed by atoms with E-state index in [1.807, 2.05) is 36.4 Å². The normalized spacial score (nSPS) is 11.5. The van der Waals surface area contributed by atoms with Crippen molar-refractivity contribution in [2.24, 2.45) is 0 Å². The predicted octanol–water partition coefficient (Wildman–Crippen LogP) is 2.48. The number of nitrogens with one attached hydrogen (secondary N) is 1. The summed E-state index contributed by atoms with van der Waals surface area (Å²) in [4.78, 5) is 4.11. The zero-order chi connectivity index (χ0) is 15.1. The molecule has 1 heterocycles. The van der Waals surface area contributed by atoms with Crippen molar-refractivity contribution in [3.8, 4) is 0 Å². The lowest BCUT2D eigenvalue weighted by atomic mass is 10.1. The first-order chi connectivity index (χ1) is 10.1. The van der Waals surface area contributed by atoms with Crippen LogP contribution in [0.3, 0.4) is 0 Å². The minimum Gasteiger partial charge on any atom is -0.261 e. The third-order valence-corrected chi connectivity index (χ3v) is 4.66. The average molecular weight is 325 g/mol. The zero-order valence-corrected chi connectivity index (χ0v) is 13.1. The molecule has 1 aromatic heterocycles. The van der Waals surface area contributed by atoms with Crippen LogP contribution in [-0.2, 0) is 28.9 Å². The van der Waals surface area contributed by atoms with E-state index in [1.54, 1.807) is 12.3 Å². The Hall–Kier alpha value is -1.43. The predicted molar refractivity (Wildman–Crippen MR) is 84.6 cm³/mol. The summed E-state index contributed by atoms with van der Waals surface area (Å²) < 4.78 is 26.5. The Morgan fingerprint density at radius 3 is 2.38 bits per heavy atom. The number of benzene rings is 1. The number of aromatic nitrogens is 1. The summed E-state index contributed by atoms with van der Waals surface area (Å²) in [6.45, 7) is 0.285. The average Bonchev–Trinajstić information content (AvgIpc) is 2.53. The summed E-state index contributed by atoms with van der Waals surface area (Å²) in [6, 6.07) is 13.0. The molecule has 1 N–H and O–H groups in total. The maximum atomic E-state index is 11.9.